The number of aromatic nitrogens is 1. The molecule has 0 aliphatic heterocycles. The number of fused-ring (bicyclic) bond motifs is 1. The molecule has 0 radical (unpaired) electrons. The second-order valence-electron chi connectivity index (χ2n) is 5.52. The minimum atomic E-state index is -0.163. The van der Waals surface area contributed by atoms with E-state index in [1.807, 2.05) is 41.9 Å². The van der Waals surface area contributed by atoms with Crippen LogP contribution in [0.2, 0.25) is 0 Å². The van der Waals surface area contributed by atoms with Gasteiger partial charge in [-0.1, -0.05) is 42.5 Å². The Kier molecular flexibility index (Phi) is 5.11. The summed E-state index contributed by atoms with van der Waals surface area (Å²) in [5.41, 5.74) is 2.39. The molecule has 0 unspecified atom stereocenters. The Balaban J connectivity index is 1.72. The summed E-state index contributed by atoms with van der Waals surface area (Å²) < 4.78 is 8.67. The van der Waals surface area contributed by atoms with Crippen molar-refractivity contribution in [1.29, 1.82) is 0 Å². The van der Waals surface area contributed by atoms with Crippen LogP contribution in [0, 0.1) is 0 Å². The van der Waals surface area contributed by atoms with Gasteiger partial charge in [-0.3, -0.25) is 4.79 Å². The first kappa shape index (κ1) is 16.5. The molecule has 24 heavy (non-hydrogen) atoms. The number of para-hydroxylation sites is 1. The SMILES string of the molecule is CCc1ccc2c(c1)sc(=NC(=O)CCOc1ccccc1)n2C. The highest BCUT2D eigenvalue weighted by atomic mass is 32.1. The number of amides is 1. The van der Waals surface area contributed by atoms with E-state index in [9.17, 15) is 4.79 Å². The molecule has 0 saturated carbocycles. The van der Waals surface area contributed by atoms with Gasteiger partial charge in [0.15, 0.2) is 4.80 Å². The Morgan fingerprint density at radius 3 is 2.75 bits per heavy atom. The lowest BCUT2D eigenvalue weighted by Crippen LogP contribution is -2.14. The molecule has 1 aromatic heterocycles. The highest BCUT2D eigenvalue weighted by molar-refractivity contribution is 7.16. The summed E-state index contributed by atoms with van der Waals surface area (Å²) in [6.45, 7) is 2.47. The topological polar surface area (TPSA) is 43.6 Å². The molecule has 0 aliphatic carbocycles. The van der Waals surface area contributed by atoms with Gasteiger partial charge in [-0.15, -0.1) is 0 Å². The fraction of sp³-hybridized carbons (Fsp3) is 0.263. The summed E-state index contributed by atoms with van der Waals surface area (Å²) in [6.07, 6.45) is 1.27. The van der Waals surface area contributed by atoms with E-state index >= 15 is 0 Å². The fourth-order valence-electron chi connectivity index (χ4n) is 2.44. The lowest BCUT2D eigenvalue weighted by atomic mass is 10.2. The van der Waals surface area contributed by atoms with Gasteiger partial charge in [-0.25, -0.2) is 0 Å². The van der Waals surface area contributed by atoms with Crippen molar-refractivity contribution >= 4 is 27.5 Å². The van der Waals surface area contributed by atoms with Crippen LogP contribution in [-0.2, 0) is 18.3 Å². The molecule has 0 fully saturated rings. The van der Waals surface area contributed by atoms with E-state index in [1.165, 1.54) is 5.56 Å². The standard InChI is InChI=1S/C19H20N2O2S/c1-3-14-9-10-16-17(13-14)24-19(21(16)2)20-18(22)11-12-23-15-7-5-4-6-8-15/h4-10,13H,3,11-12H2,1-2H3. The van der Waals surface area contributed by atoms with Crippen LogP contribution in [-0.4, -0.2) is 17.1 Å². The summed E-state index contributed by atoms with van der Waals surface area (Å²) in [7, 11) is 1.94. The molecule has 0 saturated heterocycles. The summed E-state index contributed by atoms with van der Waals surface area (Å²) >= 11 is 1.55. The number of thiazole rings is 1. The van der Waals surface area contributed by atoms with E-state index in [-0.39, 0.29) is 12.3 Å². The third-order valence-electron chi connectivity index (χ3n) is 3.83. The number of hydrogen-bond donors (Lipinski definition) is 0. The zero-order valence-corrected chi connectivity index (χ0v) is 14.7. The minimum Gasteiger partial charge on any atom is -0.493 e. The number of ether oxygens (including phenoxy) is 1. The van der Waals surface area contributed by atoms with Crippen molar-refractivity contribution in [3.63, 3.8) is 0 Å². The van der Waals surface area contributed by atoms with E-state index in [0.29, 0.717) is 6.61 Å². The average Bonchev–Trinajstić information content (AvgIpc) is 2.91. The first-order valence-corrected chi connectivity index (χ1v) is 8.83. The monoisotopic (exact) mass is 340 g/mol. The maximum Gasteiger partial charge on any atom is 0.251 e. The van der Waals surface area contributed by atoms with Crippen molar-refractivity contribution in [3.8, 4) is 5.75 Å². The summed E-state index contributed by atoms with van der Waals surface area (Å²) in [4.78, 5) is 17.1. The number of benzene rings is 2. The van der Waals surface area contributed by atoms with Crippen LogP contribution < -0.4 is 9.54 Å². The molecule has 124 valence electrons. The Morgan fingerprint density at radius 2 is 2.00 bits per heavy atom. The van der Waals surface area contributed by atoms with E-state index in [4.69, 9.17) is 4.74 Å². The van der Waals surface area contributed by atoms with Crippen LogP contribution >= 0.6 is 11.3 Å². The molecule has 5 heteroatoms. The Morgan fingerprint density at radius 1 is 1.21 bits per heavy atom. The predicted octanol–water partition coefficient (Wildman–Crippen LogP) is 3.70. The molecule has 2 aromatic carbocycles. The zero-order chi connectivity index (χ0) is 16.9. The van der Waals surface area contributed by atoms with Crippen molar-refractivity contribution in [3.05, 3.63) is 58.9 Å². The molecule has 1 amide bonds. The van der Waals surface area contributed by atoms with Gasteiger partial charge in [-0.2, -0.15) is 4.99 Å². The van der Waals surface area contributed by atoms with Crippen LogP contribution in [0.4, 0.5) is 0 Å². The molecular formula is C19H20N2O2S. The van der Waals surface area contributed by atoms with E-state index < -0.39 is 0 Å². The number of nitrogens with zero attached hydrogens (tertiary/aromatic N) is 2. The Bertz CT molecular complexity index is 910. The van der Waals surface area contributed by atoms with E-state index in [0.717, 1.165) is 27.2 Å². The van der Waals surface area contributed by atoms with Gasteiger partial charge in [0.2, 0.25) is 0 Å². The van der Waals surface area contributed by atoms with Crippen molar-refractivity contribution < 1.29 is 9.53 Å². The number of rotatable bonds is 5. The number of aryl methyl sites for hydroxylation is 2. The van der Waals surface area contributed by atoms with Gasteiger partial charge in [0, 0.05) is 7.05 Å². The van der Waals surface area contributed by atoms with Crippen LogP contribution in [0.1, 0.15) is 18.9 Å². The number of carbonyl (C=O) groups excluding carboxylic acids is 1. The van der Waals surface area contributed by atoms with Crippen molar-refractivity contribution in [2.24, 2.45) is 12.0 Å². The first-order chi connectivity index (χ1) is 11.7. The summed E-state index contributed by atoms with van der Waals surface area (Å²) in [6, 6.07) is 15.9. The van der Waals surface area contributed by atoms with Crippen molar-refractivity contribution in [2.45, 2.75) is 19.8 Å². The summed E-state index contributed by atoms with van der Waals surface area (Å²) in [5.74, 6) is 0.605. The molecule has 1 heterocycles. The third kappa shape index (κ3) is 3.74. The van der Waals surface area contributed by atoms with Gasteiger partial charge in [0.25, 0.3) is 5.91 Å². The molecule has 0 aliphatic rings. The molecule has 0 spiro atoms. The van der Waals surface area contributed by atoms with Crippen LogP contribution in [0.15, 0.2) is 53.5 Å². The quantitative estimate of drug-likeness (QED) is 0.711. The minimum absolute atomic E-state index is 0.163. The highest BCUT2D eigenvalue weighted by Crippen LogP contribution is 2.18. The van der Waals surface area contributed by atoms with Gasteiger partial charge in [-0.05, 0) is 36.2 Å². The fourth-order valence-corrected chi connectivity index (χ4v) is 3.54. The number of hydrogen-bond acceptors (Lipinski definition) is 3. The molecule has 4 nitrogen and oxygen atoms in total. The third-order valence-corrected chi connectivity index (χ3v) is 4.92. The average molecular weight is 340 g/mol. The van der Waals surface area contributed by atoms with Crippen molar-refractivity contribution in [2.75, 3.05) is 6.61 Å². The number of carbonyl (C=O) groups is 1. The molecular weight excluding hydrogens is 320 g/mol. The highest BCUT2D eigenvalue weighted by Gasteiger charge is 2.06. The first-order valence-electron chi connectivity index (χ1n) is 8.01. The van der Waals surface area contributed by atoms with E-state index in [2.05, 4.69) is 30.1 Å². The van der Waals surface area contributed by atoms with Gasteiger partial charge >= 0.3 is 0 Å². The van der Waals surface area contributed by atoms with Gasteiger partial charge in [0.05, 0.1) is 23.2 Å². The Labute approximate surface area is 145 Å². The van der Waals surface area contributed by atoms with Gasteiger partial charge in [0.1, 0.15) is 5.75 Å². The Hall–Kier alpha value is -2.40. The predicted molar refractivity (Wildman–Crippen MR) is 97.3 cm³/mol. The van der Waals surface area contributed by atoms with Crippen molar-refractivity contribution in [1.82, 2.24) is 4.57 Å². The molecule has 0 atom stereocenters. The lowest BCUT2D eigenvalue weighted by molar-refractivity contribution is -0.118. The zero-order valence-electron chi connectivity index (χ0n) is 13.9. The molecule has 0 bridgehead atoms. The second-order valence-corrected chi connectivity index (χ2v) is 6.53. The van der Waals surface area contributed by atoms with E-state index in [1.54, 1.807) is 11.3 Å². The smallest absolute Gasteiger partial charge is 0.251 e. The largest absolute Gasteiger partial charge is 0.493 e. The van der Waals surface area contributed by atoms with Crippen LogP contribution in [0.3, 0.4) is 0 Å². The molecule has 3 rings (SSSR count). The maximum atomic E-state index is 12.1. The normalized spacial score (nSPS) is 11.8. The van der Waals surface area contributed by atoms with Crippen LogP contribution in [0.5, 0.6) is 5.75 Å². The maximum absolute atomic E-state index is 12.1. The lowest BCUT2D eigenvalue weighted by Gasteiger charge is -2.03. The van der Waals surface area contributed by atoms with Crippen LogP contribution in [0.25, 0.3) is 10.2 Å². The summed E-state index contributed by atoms with van der Waals surface area (Å²) in [5, 5.41) is 0. The molecule has 3 aromatic rings. The molecule has 0 N–H and O–H groups in total. The van der Waals surface area contributed by atoms with Gasteiger partial charge < -0.3 is 9.30 Å². The second kappa shape index (κ2) is 7.45.